The summed E-state index contributed by atoms with van der Waals surface area (Å²) in [6, 6.07) is 19.1. The Hall–Kier alpha value is -2.88. The van der Waals surface area contributed by atoms with Crippen molar-refractivity contribution in [2.45, 2.75) is 44.4 Å². The first-order valence-corrected chi connectivity index (χ1v) is 10.6. The van der Waals surface area contributed by atoms with E-state index in [0.29, 0.717) is 23.5 Å². The maximum Gasteiger partial charge on any atom is 0.341 e. The van der Waals surface area contributed by atoms with Crippen molar-refractivity contribution in [2.24, 2.45) is 5.92 Å². The number of carbonyl (C=O) groups is 1. The van der Waals surface area contributed by atoms with Crippen LogP contribution in [0.4, 0.5) is 4.39 Å². The highest BCUT2D eigenvalue weighted by Crippen LogP contribution is 2.43. The minimum Gasteiger partial charge on any atom is -0.482 e. The predicted molar refractivity (Wildman–Crippen MR) is 117 cm³/mol. The largest absolute Gasteiger partial charge is 0.482 e. The second-order valence-corrected chi connectivity index (χ2v) is 8.48. The minimum absolute atomic E-state index is 0.190. The SMILES string of the molecule is C[C@@H](C[C@H]1CC[C@@H](c2ccc(OCC(=O)O)cc2)C1)c1cccc2cc(F)ccc12. The van der Waals surface area contributed by atoms with Gasteiger partial charge in [-0.3, -0.25) is 0 Å². The van der Waals surface area contributed by atoms with Gasteiger partial charge >= 0.3 is 5.97 Å². The lowest BCUT2D eigenvalue weighted by Crippen LogP contribution is -2.09. The average molecular weight is 406 g/mol. The van der Waals surface area contributed by atoms with Gasteiger partial charge in [-0.1, -0.05) is 43.3 Å². The fourth-order valence-corrected chi connectivity index (χ4v) is 4.91. The molecule has 4 rings (SSSR count). The maximum atomic E-state index is 13.6. The molecule has 0 amide bonds. The van der Waals surface area contributed by atoms with Gasteiger partial charge in [0.1, 0.15) is 11.6 Å². The molecule has 0 radical (unpaired) electrons. The van der Waals surface area contributed by atoms with E-state index in [-0.39, 0.29) is 12.4 Å². The van der Waals surface area contributed by atoms with Gasteiger partial charge in [-0.2, -0.15) is 0 Å². The third-order valence-corrected chi connectivity index (χ3v) is 6.35. The molecule has 30 heavy (non-hydrogen) atoms. The number of halogens is 1. The standard InChI is InChI=1S/C26H27FO3/c1-17(24-4-2-3-21-15-22(27)9-12-25(21)24)13-18-5-6-20(14-18)19-7-10-23(11-8-19)30-16-26(28)29/h2-4,7-12,15,17-18,20H,5-6,13-14,16H2,1H3,(H,28,29)/t17-,18+,20+/m0/s1. The van der Waals surface area contributed by atoms with Gasteiger partial charge in [0.05, 0.1) is 0 Å². The molecule has 0 saturated heterocycles. The van der Waals surface area contributed by atoms with Gasteiger partial charge in [-0.05, 0) is 89.6 Å². The molecule has 3 aromatic carbocycles. The van der Waals surface area contributed by atoms with Gasteiger partial charge in [0, 0.05) is 0 Å². The first-order valence-electron chi connectivity index (χ1n) is 10.6. The molecular formula is C26H27FO3. The normalized spacial score (nSPS) is 19.7. The lowest BCUT2D eigenvalue weighted by molar-refractivity contribution is -0.139. The summed E-state index contributed by atoms with van der Waals surface area (Å²) in [6.45, 7) is 1.96. The van der Waals surface area contributed by atoms with Gasteiger partial charge in [-0.15, -0.1) is 0 Å². The van der Waals surface area contributed by atoms with Crippen molar-refractivity contribution in [2.75, 3.05) is 6.61 Å². The molecule has 0 bridgehead atoms. The number of aliphatic carboxylic acids is 1. The molecule has 0 spiro atoms. The van der Waals surface area contributed by atoms with Crippen molar-refractivity contribution in [3.8, 4) is 5.75 Å². The van der Waals surface area contributed by atoms with Crippen LogP contribution in [0.5, 0.6) is 5.75 Å². The van der Waals surface area contributed by atoms with Crippen LogP contribution < -0.4 is 4.74 Å². The van der Waals surface area contributed by atoms with Crippen LogP contribution in [0.3, 0.4) is 0 Å². The Morgan fingerprint density at radius 1 is 1.13 bits per heavy atom. The summed E-state index contributed by atoms with van der Waals surface area (Å²) < 4.78 is 18.8. The Morgan fingerprint density at radius 3 is 2.70 bits per heavy atom. The highest BCUT2D eigenvalue weighted by atomic mass is 19.1. The monoisotopic (exact) mass is 406 g/mol. The van der Waals surface area contributed by atoms with Crippen LogP contribution in [0.2, 0.25) is 0 Å². The Bertz CT molecular complexity index is 1030. The van der Waals surface area contributed by atoms with Crippen LogP contribution >= 0.6 is 0 Å². The van der Waals surface area contributed by atoms with Crippen molar-refractivity contribution in [1.82, 2.24) is 0 Å². The highest BCUT2D eigenvalue weighted by molar-refractivity contribution is 5.86. The molecule has 1 fully saturated rings. The summed E-state index contributed by atoms with van der Waals surface area (Å²) >= 11 is 0. The van der Waals surface area contributed by atoms with E-state index in [9.17, 15) is 9.18 Å². The molecule has 0 aromatic heterocycles. The molecule has 3 aromatic rings. The second kappa shape index (κ2) is 8.86. The van der Waals surface area contributed by atoms with Crippen LogP contribution in [0.25, 0.3) is 10.8 Å². The number of rotatable bonds is 7. The van der Waals surface area contributed by atoms with Gasteiger partial charge < -0.3 is 9.84 Å². The predicted octanol–water partition coefficient (Wildman–Crippen LogP) is 6.52. The molecule has 3 nitrogen and oxygen atoms in total. The summed E-state index contributed by atoms with van der Waals surface area (Å²) in [5, 5.41) is 10.8. The molecular weight excluding hydrogens is 379 g/mol. The molecule has 0 heterocycles. The van der Waals surface area contributed by atoms with Crippen molar-refractivity contribution in [1.29, 1.82) is 0 Å². The number of carboxylic acids is 1. The van der Waals surface area contributed by atoms with Crippen molar-refractivity contribution in [3.63, 3.8) is 0 Å². The molecule has 0 aliphatic heterocycles. The number of fused-ring (bicyclic) bond motifs is 1. The number of benzene rings is 3. The lowest BCUT2D eigenvalue weighted by atomic mass is 9.86. The highest BCUT2D eigenvalue weighted by Gasteiger charge is 2.27. The summed E-state index contributed by atoms with van der Waals surface area (Å²) in [6.07, 6.45) is 4.69. The van der Waals surface area contributed by atoms with E-state index in [2.05, 4.69) is 25.1 Å². The summed E-state index contributed by atoms with van der Waals surface area (Å²) in [4.78, 5) is 10.6. The van der Waals surface area contributed by atoms with E-state index < -0.39 is 5.97 Å². The smallest absolute Gasteiger partial charge is 0.341 e. The number of hydrogen-bond donors (Lipinski definition) is 1. The van der Waals surface area contributed by atoms with Crippen molar-refractivity contribution < 1.29 is 19.0 Å². The maximum absolute atomic E-state index is 13.6. The van der Waals surface area contributed by atoms with Crippen molar-refractivity contribution >= 4 is 16.7 Å². The first kappa shape index (κ1) is 20.4. The topological polar surface area (TPSA) is 46.5 Å². The molecule has 156 valence electrons. The van der Waals surface area contributed by atoms with Crippen LogP contribution in [0.1, 0.15) is 55.6 Å². The van der Waals surface area contributed by atoms with Gasteiger partial charge in [0.25, 0.3) is 0 Å². The Labute approximate surface area is 176 Å². The second-order valence-electron chi connectivity index (χ2n) is 8.48. The zero-order valence-electron chi connectivity index (χ0n) is 17.2. The first-order chi connectivity index (χ1) is 14.5. The van der Waals surface area contributed by atoms with E-state index in [1.54, 1.807) is 12.1 Å². The van der Waals surface area contributed by atoms with E-state index >= 15 is 0 Å². The Morgan fingerprint density at radius 2 is 1.93 bits per heavy atom. The summed E-state index contributed by atoms with van der Waals surface area (Å²) in [5.41, 5.74) is 2.60. The Kier molecular flexibility index (Phi) is 6.03. The van der Waals surface area contributed by atoms with E-state index in [0.717, 1.165) is 17.2 Å². The van der Waals surface area contributed by atoms with E-state index in [1.165, 1.54) is 30.4 Å². The zero-order valence-corrected chi connectivity index (χ0v) is 17.2. The third kappa shape index (κ3) is 4.64. The lowest BCUT2D eigenvalue weighted by Gasteiger charge is -2.19. The van der Waals surface area contributed by atoms with E-state index in [1.807, 2.05) is 30.3 Å². The van der Waals surface area contributed by atoms with Crippen LogP contribution in [0.15, 0.2) is 60.7 Å². The van der Waals surface area contributed by atoms with Crippen LogP contribution in [-0.2, 0) is 4.79 Å². The zero-order chi connectivity index (χ0) is 21.1. The van der Waals surface area contributed by atoms with Crippen LogP contribution in [-0.4, -0.2) is 17.7 Å². The van der Waals surface area contributed by atoms with E-state index in [4.69, 9.17) is 9.84 Å². The average Bonchev–Trinajstić information content (AvgIpc) is 3.20. The van der Waals surface area contributed by atoms with Gasteiger partial charge in [0.15, 0.2) is 6.61 Å². The van der Waals surface area contributed by atoms with Gasteiger partial charge in [0.2, 0.25) is 0 Å². The summed E-state index contributed by atoms with van der Waals surface area (Å²) in [7, 11) is 0. The molecule has 1 N–H and O–H groups in total. The summed E-state index contributed by atoms with van der Waals surface area (Å²) in [5.74, 6) is 1.07. The quantitative estimate of drug-likeness (QED) is 0.486. The molecule has 4 heteroatoms. The number of carboxylic acid groups (broad SMARTS) is 1. The number of hydrogen-bond acceptors (Lipinski definition) is 2. The van der Waals surface area contributed by atoms with Crippen LogP contribution in [0, 0.1) is 11.7 Å². The Balaban J connectivity index is 1.39. The van der Waals surface area contributed by atoms with Crippen molar-refractivity contribution in [3.05, 3.63) is 77.6 Å². The fraction of sp³-hybridized carbons (Fsp3) is 0.346. The number of ether oxygens (including phenoxy) is 1. The molecule has 1 aliphatic carbocycles. The minimum atomic E-state index is -0.969. The third-order valence-electron chi connectivity index (χ3n) is 6.35. The van der Waals surface area contributed by atoms with Gasteiger partial charge in [-0.25, -0.2) is 9.18 Å². The fourth-order valence-electron chi connectivity index (χ4n) is 4.91. The molecule has 1 aliphatic rings. The molecule has 0 unspecified atom stereocenters. The molecule has 3 atom stereocenters. The molecule has 1 saturated carbocycles.